The Morgan fingerprint density at radius 1 is 1.00 bits per heavy atom. The molecule has 1 aliphatic rings. The Bertz CT molecular complexity index is 724. The maximum atomic E-state index is 3.85. The predicted molar refractivity (Wildman–Crippen MR) is 110 cm³/mol. The number of allylic oxidation sites excluding steroid dienone is 9. The molecule has 0 saturated carbocycles. The third kappa shape index (κ3) is 4.51. The van der Waals surface area contributed by atoms with Crippen molar-refractivity contribution in [1.29, 1.82) is 0 Å². The van der Waals surface area contributed by atoms with Crippen LogP contribution in [0.3, 0.4) is 0 Å². The summed E-state index contributed by atoms with van der Waals surface area (Å²) in [5.41, 5.74) is 9.77. The van der Waals surface area contributed by atoms with Gasteiger partial charge in [-0.2, -0.15) is 0 Å². The lowest BCUT2D eigenvalue weighted by Gasteiger charge is -2.24. The number of aryl methyl sites for hydroxylation is 1. The third-order valence-corrected chi connectivity index (χ3v) is 4.90. The maximum Gasteiger partial charge on any atom is 0.232 e. The van der Waals surface area contributed by atoms with Gasteiger partial charge in [0.25, 0.3) is 0 Å². The highest BCUT2D eigenvalue weighted by Gasteiger charge is 2.25. The number of hydrogen-bond acceptors (Lipinski definition) is 0. The van der Waals surface area contributed by atoms with Gasteiger partial charge in [0.1, 0.15) is 0 Å². The molecule has 0 heterocycles. The second kappa shape index (κ2) is 8.19. The van der Waals surface area contributed by atoms with Crippen LogP contribution in [0.5, 0.6) is 0 Å². The maximum absolute atomic E-state index is 3.85. The van der Waals surface area contributed by atoms with Crippen LogP contribution in [0, 0.1) is 6.92 Å². The molecule has 124 valence electrons. The van der Waals surface area contributed by atoms with Crippen LogP contribution >= 0.6 is 0 Å². The van der Waals surface area contributed by atoms with Gasteiger partial charge in [0.2, 0.25) is 6.71 Å². The Morgan fingerprint density at radius 2 is 1.67 bits per heavy atom. The van der Waals surface area contributed by atoms with E-state index in [1.54, 1.807) is 5.47 Å². The van der Waals surface area contributed by atoms with E-state index in [-0.39, 0.29) is 0 Å². The van der Waals surface area contributed by atoms with E-state index in [1.165, 1.54) is 39.6 Å². The molecule has 0 unspecified atom stereocenters. The summed E-state index contributed by atoms with van der Waals surface area (Å²) in [6, 6.07) is 9.01. The zero-order valence-electron chi connectivity index (χ0n) is 15.8. The highest BCUT2D eigenvalue weighted by Crippen LogP contribution is 2.28. The van der Waals surface area contributed by atoms with E-state index in [9.17, 15) is 0 Å². The molecular formula is C23H29B. The van der Waals surface area contributed by atoms with E-state index in [2.05, 4.69) is 83.7 Å². The molecule has 0 bridgehead atoms. The topological polar surface area (TPSA) is 0 Å². The first-order chi connectivity index (χ1) is 11.4. The van der Waals surface area contributed by atoms with Crippen LogP contribution in [-0.2, 0) is 0 Å². The second-order valence-electron chi connectivity index (χ2n) is 7.07. The van der Waals surface area contributed by atoms with Gasteiger partial charge in [0, 0.05) is 0 Å². The fraction of sp³-hybridized carbons (Fsp3) is 0.304. The molecule has 0 atom stereocenters. The van der Waals surface area contributed by atoms with E-state index >= 15 is 0 Å². The zero-order chi connectivity index (χ0) is 17.7. The molecule has 0 nitrogen and oxygen atoms in total. The van der Waals surface area contributed by atoms with Crippen LogP contribution in [-0.4, -0.2) is 6.71 Å². The van der Waals surface area contributed by atoms with E-state index < -0.39 is 0 Å². The largest absolute Gasteiger partial charge is 0.232 e. The molecule has 0 spiro atoms. The first-order valence-corrected chi connectivity index (χ1v) is 8.83. The number of rotatable bonds is 5. The Kier molecular flexibility index (Phi) is 6.26. The lowest BCUT2D eigenvalue weighted by molar-refractivity contribution is 0.925. The van der Waals surface area contributed by atoms with Gasteiger partial charge in [0.05, 0.1) is 0 Å². The SMILES string of the molecule is C=C/C(C)=C\C=C(/C)B(C1=C(C)C=C(C)CC1)c1ccc(C)cc1. The molecule has 0 fully saturated rings. The lowest BCUT2D eigenvalue weighted by Crippen LogP contribution is -2.35. The third-order valence-electron chi connectivity index (χ3n) is 4.90. The van der Waals surface area contributed by atoms with Crippen molar-refractivity contribution in [1.82, 2.24) is 0 Å². The number of hydrogen-bond donors (Lipinski definition) is 0. The minimum atomic E-state index is 0.365. The Hall–Kier alpha value is -2.02. The molecule has 1 aromatic carbocycles. The molecule has 0 aliphatic heterocycles. The van der Waals surface area contributed by atoms with Crippen molar-refractivity contribution in [3.05, 3.63) is 88.4 Å². The van der Waals surface area contributed by atoms with Crippen LogP contribution in [0.25, 0.3) is 0 Å². The summed E-state index contributed by atoms with van der Waals surface area (Å²) >= 11 is 0. The van der Waals surface area contributed by atoms with Crippen LogP contribution in [0.4, 0.5) is 0 Å². The first-order valence-electron chi connectivity index (χ1n) is 8.83. The summed E-state index contributed by atoms with van der Waals surface area (Å²) in [6.07, 6.45) is 11.0. The molecule has 0 aromatic heterocycles. The Balaban J connectivity index is 2.52. The summed E-state index contributed by atoms with van der Waals surface area (Å²) in [5.74, 6) is 0. The average Bonchev–Trinajstić information content (AvgIpc) is 2.56. The standard InChI is InChI=1S/C23H29B/c1-7-17(2)8-12-21(6)24(22-13-9-18(3)10-14-22)23-15-11-19(4)16-20(23)5/h7-10,12-14,16H,1,11,15H2,2-6H3/b17-8-,21-12+. The predicted octanol–water partition coefficient (Wildman–Crippen LogP) is 5.91. The smallest absolute Gasteiger partial charge is 0.0988 e. The van der Waals surface area contributed by atoms with Gasteiger partial charge in [-0.1, -0.05) is 101 Å². The highest BCUT2D eigenvalue weighted by atomic mass is 14.1. The first kappa shape index (κ1) is 18.3. The molecule has 1 aliphatic carbocycles. The molecule has 24 heavy (non-hydrogen) atoms. The van der Waals surface area contributed by atoms with E-state index in [0.717, 1.165) is 6.42 Å². The second-order valence-corrected chi connectivity index (χ2v) is 7.07. The van der Waals surface area contributed by atoms with E-state index in [4.69, 9.17) is 0 Å². The summed E-state index contributed by atoms with van der Waals surface area (Å²) < 4.78 is 0. The monoisotopic (exact) mass is 316 g/mol. The number of benzene rings is 1. The van der Waals surface area contributed by atoms with Gasteiger partial charge in [0.15, 0.2) is 0 Å². The molecule has 0 radical (unpaired) electrons. The van der Waals surface area contributed by atoms with Gasteiger partial charge >= 0.3 is 0 Å². The zero-order valence-corrected chi connectivity index (χ0v) is 15.8. The molecule has 0 amide bonds. The van der Waals surface area contributed by atoms with Gasteiger partial charge < -0.3 is 0 Å². The molecular weight excluding hydrogens is 287 g/mol. The van der Waals surface area contributed by atoms with Gasteiger partial charge in [-0.3, -0.25) is 0 Å². The van der Waals surface area contributed by atoms with Crippen LogP contribution in [0.1, 0.15) is 46.1 Å². The van der Waals surface area contributed by atoms with Crippen LogP contribution < -0.4 is 5.46 Å². The highest BCUT2D eigenvalue weighted by molar-refractivity contribution is 6.86. The van der Waals surface area contributed by atoms with Gasteiger partial charge in [-0.05, 0) is 40.5 Å². The van der Waals surface area contributed by atoms with Crippen molar-refractivity contribution >= 4 is 12.2 Å². The Labute approximate surface area is 148 Å². The molecule has 1 heteroatoms. The minimum Gasteiger partial charge on any atom is -0.0988 e. The molecule has 0 saturated heterocycles. The van der Waals surface area contributed by atoms with E-state index in [1.807, 2.05) is 6.08 Å². The van der Waals surface area contributed by atoms with Crippen molar-refractivity contribution in [2.75, 3.05) is 0 Å². The molecule has 1 aromatic rings. The average molecular weight is 316 g/mol. The van der Waals surface area contributed by atoms with Crippen molar-refractivity contribution in [3.63, 3.8) is 0 Å². The normalized spacial score (nSPS) is 16.1. The molecule has 2 rings (SSSR count). The van der Waals surface area contributed by atoms with Crippen molar-refractivity contribution in [3.8, 4) is 0 Å². The van der Waals surface area contributed by atoms with Gasteiger partial charge in [-0.15, -0.1) is 0 Å². The Morgan fingerprint density at radius 3 is 2.25 bits per heavy atom. The fourth-order valence-corrected chi connectivity index (χ4v) is 3.36. The van der Waals surface area contributed by atoms with E-state index in [0.29, 0.717) is 6.71 Å². The molecule has 0 N–H and O–H groups in total. The van der Waals surface area contributed by atoms with Crippen molar-refractivity contribution in [2.24, 2.45) is 0 Å². The summed E-state index contributed by atoms with van der Waals surface area (Å²) in [5, 5.41) is 0. The minimum absolute atomic E-state index is 0.365. The quantitative estimate of drug-likeness (QED) is 0.468. The lowest BCUT2D eigenvalue weighted by atomic mass is 9.34. The summed E-state index contributed by atoms with van der Waals surface area (Å²) in [7, 11) is 0. The van der Waals surface area contributed by atoms with Crippen LogP contribution in [0.15, 0.2) is 82.8 Å². The van der Waals surface area contributed by atoms with Crippen LogP contribution in [0.2, 0.25) is 0 Å². The summed E-state index contributed by atoms with van der Waals surface area (Å²) in [4.78, 5) is 0. The fourth-order valence-electron chi connectivity index (χ4n) is 3.36. The van der Waals surface area contributed by atoms with Crippen molar-refractivity contribution in [2.45, 2.75) is 47.5 Å². The van der Waals surface area contributed by atoms with Gasteiger partial charge in [-0.25, -0.2) is 0 Å². The van der Waals surface area contributed by atoms with Crippen molar-refractivity contribution < 1.29 is 0 Å². The summed E-state index contributed by atoms with van der Waals surface area (Å²) in [6.45, 7) is 15.2.